The van der Waals surface area contributed by atoms with Gasteiger partial charge in [-0.1, -0.05) is 6.92 Å². The van der Waals surface area contributed by atoms with Gasteiger partial charge in [0, 0.05) is 20.0 Å². The Morgan fingerprint density at radius 3 is 2.29 bits per heavy atom. The molecule has 0 saturated carbocycles. The summed E-state index contributed by atoms with van der Waals surface area (Å²) in [6, 6.07) is 0. The number of carbonyl (C=O) groups is 2. The van der Waals surface area contributed by atoms with Crippen molar-refractivity contribution in [1.29, 1.82) is 0 Å². The van der Waals surface area contributed by atoms with Crippen LogP contribution in [0.5, 0.6) is 0 Å². The zero-order valence-electron chi connectivity index (χ0n) is 8.89. The first-order chi connectivity index (χ1) is 6.42. The summed E-state index contributed by atoms with van der Waals surface area (Å²) in [7, 11) is 0. The topological polar surface area (TPSA) is 78.4 Å². The molecule has 0 aromatic carbocycles. The van der Waals surface area contributed by atoms with Gasteiger partial charge in [-0.25, -0.2) is 0 Å². The molecule has 0 spiro atoms. The number of carboxylic acids is 1. The Balaban J connectivity index is 3.85. The van der Waals surface area contributed by atoms with Crippen LogP contribution in [0.25, 0.3) is 0 Å². The lowest BCUT2D eigenvalue weighted by Gasteiger charge is -2.24. The van der Waals surface area contributed by atoms with E-state index in [-0.39, 0.29) is 5.91 Å². The van der Waals surface area contributed by atoms with Crippen molar-refractivity contribution in [2.24, 2.45) is 0 Å². The average Bonchev–Trinajstić information content (AvgIpc) is 2.11. The summed E-state index contributed by atoms with van der Waals surface area (Å²) in [6.07, 6.45) is 0.502. The highest BCUT2D eigenvalue weighted by Gasteiger charge is 2.29. The third-order valence-electron chi connectivity index (χ3n) is 2.19. The van der Waals surface area contributed by atoms with E-state index in [1.807, 2.05) is 0 Å². The van der Waals surface area contributed by atoms with Gasteiger partial charge in [0.1, 0.15) is 5.54 Å². The number of hydrogen-bond acceptors (Lipinski definition) is 3. The maximum atomic E-state index is 10.8. The van der Waals surface area contributed by atoms with Crippen molar-refractivity contribution in [2.75, 3.05) is 13.1 Å². The quantitative estimate of drug-likeness (QED) is 0.528. The summed E-state index contributed by atoms with van der Waals surface area (Å²) in [5, 5.41) is 14.4. The molecular formula is C9H18N2O3. The molecule has 0 fully saturated rings. The fourth-order valence-electron chi connectivity index (χ4n) is 0.929. The lowest BCUT2D eigenvalue weighted by Crippen LogP contribution is -2.51. The molecule has 0 radical (unpaired) electrons. The maximum absolute atomic E-state index is 10.8. The Kier molecular flexibility index (Phi) is 5.15. The van der Waals surface area contributed by atoms with E-state index in [0.29, 0.717) is 19.5 Å². The Hall–Kier alpha value is -1.10. The van der Waals surface area contributed by atoms with Gasteiger partial charge in [-0.15, -0.1) is 0 Å². The van der Waals surface area contributed by atoms with E-state index in [2.05, 4.69) is 10.6 Å². The highest BCUT2D eigenvalue weighted by atomic mass is 16.4. The Bertz CT molecular complexity index is 218. The van der Waals surface area contributed by atoms with Crippen LogP contribution < -0.4 is 10.6 Å². The molecule has 1 atom stereocenters. The van der Waals surface area contributed by atoms with Gasteiger partial charge in [-0.05, 0) is 13.3 Å². The standard InChI is InChI=1S/C9H18N2O3/c1-4-9(3,8(13)14)11-6-5-10-7(2)12/h11H,4-6H2,1-3H3,(H,10,12)(H,13,14). The van der Waals surface area contributed by atoms with Crippen molar-refractivity contribution in [1.82, 2.24) is 10.6 Å². The average molecular weight is 202 g/mol. The van der Waals surface area contributed by atoms with Crippen LogP contribution >= 0.6 is 0 Å². The number of carbonyl (C=O) groups excluding carboxylic acids is 1. The molecule has 0 saturated heterocycles. The molecule has 0 heterocycles. The molecular weight excluding hydrogens is 184 g/mol. The van der Waals surface area contributed by atoms with Crippen LogP contribution in [-0.4, -0.2) is 35.6 Å². The summed E-state index contributed by atoms with van der Waals surface area (Å²) in [5.41, 5.74) is -0.904. The zero-order chi connectivity index (χ0) is 11.2. The molecule has 0 rings (SSSR count). The molecule has 14 heavy (non-hydrogen) atoms. The van der Waals surface area contributed by atoms with Gasteiger partial charge in [-0.3, -0.25) is 9.59 Å². The highest BCUT2D eigenvalue weighted by Crippen LogP contribution is 2.07. The first-order valence-corrected chi connectivity index (χ1v) is 4.65. The fourth-order valence-corrected chi connectivity index (χ4v) is 0.929. The molecule has 0 aromatic heterocycles. The van der Waals surface area contributed by atoms with E-state index in [9.17, 15) is 9.59 Å². The minimum absolute atomic E-state index is 0.111. The van der Waals surface area contributed by atoms with Gasteiger partial charge in [0.25, 0.3) is 0 Å². The van der Waals surface area contributed by atoms with E-state index < -0.39 is 11.5 Å². The Labute approximate surface area is 83.9 Å². The summed E-state index contributed by atoms with van der Waals surface area (Å²) >= 11 is 0. The van der Waals surface area contributed by atoms with E-state index in [4.69, 9.17) is 5.11 Å². The van der Waals surface area contributed by atoms with Crippen molar-refractivity contribution >= 4 is 11.9 Å². The maximum Gasteiger partial charge on any atom is 0.323 e. The minimum Gasteiger partial charge on any atom is -0.480 e. The number of rotatable bonds is 6. The largest absolute Gasteiger partial charge is 0.480 e. The van der Waals surface area contributed by atoms with Crippen molar-refractivity contribution in [2.45, 2.75) is 32.7 Å². The van der Waals surface area contributed by atoms with Crippen LogP contribution in [0, 0.1) is 0 Å². The molecule has 5 heteroatoms. The molecule has 1 unspecified atom stereocenters. The van der Waals surface area contributed by atoms with Crippen molar-refractivity contribution in [3.05, 3.63) is 0 Å². The number of hydrogen-bond donors (Lipinski definition) is 3. The predicted molar refractivity (Wildman–Crippen MR) is 53.0 cm³/mol. The van der Waals surface area contributed by atoms with E-state index in [1.165, 1.54) is 6.92 Å². The SMILES string of the molecule is CCC(C)(NCCNC(C)=O)C(=O)O. The molecule has 0 aliphatic heterocycles. The zero-order valence-corrected chi connectivity index (χ0v) is 8.89. The van der Waals surface area contributed by atoms with Gasteiger partial charge in [-0.2, -0.15) is 0 Å². The van der Waals surface area contributed by atoms with Crippen LogP contribution in [0.3, 0.4) is 0 Å². The first kappa shape index (κ1) is 12.9. The van der Waals surface area contributed by atoms with Crippen LogP contribution in [0.2, 0.25) is 0 Å². The summed E-state index contributed by atoms with van der Waals surface area (Å²) < 4.78 is 0. The third kappa shape index (κ3) is 4.23. The molecule has 3 N–H and O–H groups in total. The molecule has 0 aliphatic rings. The third-order valence-corrected chi connectivity index (χ3v) is 2.19. The van der Waals surface area contributed by atoms with Crippen molar-refractivity contribution in [3.63, 3.8) is 0 Å². The van der Waals surface area contributed by atoms with Crippen LogP contribution in [0.15, 0.2) is 0 Å². The smallest absolute Gasteiger partial charge is 0.323 e. The van der Waals surface area contributed by atoms with E-state index in [1.54, 1.807) is 13.8 Å². The molecule has 1 amide bonds. The Morgan fingerprint density at radius 1 is 1.36 bits per heavy atom. The molecule has 0 aliphatic carbocycles. The molecule has 0 aromatic rings. The second-order valence-electron chi connectivity index (χ2n) is 3.40. The number of aliphatic carboxylic acids is 1. The first-order valence-electron chi connectivity index (χ1n) is 4.65. The van der Waals surface area contributed by atoms with E-state index >= 15 is 0 Å². The molecule has 82 valence electrons. The van der Waals surface area contributed by atoms with Crippen molar-refractivity contribution in [3.8, 4) is 0 Å². The summed E-state index contributed by atoms with van der Waals surface area (Å²) in [4.78, 5) is 21.3. The number of amides is 1. The highest BCUT2D eigenvalue weighted by molar-refractivity contribution is 5.78. The Morgan fingerprint density at radius 2 is 1.93 bits per heavy atom. The number of carboxylic acid groups (broad SMARTS) is 1. The summed E-state index contributed by atoms with van der Waals surface area (Å²) in [5.74, 6) is -0.983. The second kappa shape index (κ2) is 5.59. The predicted octanol–water partition coefficient (Wildman–Crippen LogP) is -0.0346. The van der Waals surface area contributed by atoms with Crippen molar-refractivity contribution < 1.29 is 14.7 Å². The fraction of sp³-hybridized carbons (Fsp3) is 0.778. The number of nitrogens with one attached hydrogen (secondary N) is 2. The van der Waals surface area contributed by atoms with Crippen LogP contribution in [0.4, 0.5) is 0 Å². The minimum atomic E-state index is -0.904. The molecule has 5 nitrogen and oxygen atoms in total. The van der Waals surface area contributed by atoms with Gasteiger partial charge in [0.2, 0.25) is 5.91 Å². The van der Waals surface area contributed by atoms with Crippen LogP contribution in [0.1, 0.15) is 27.2 Å². The monoisotopic (exact) mass is 202 g/mol. The lowest BCUT2D eigenvalue weighted by molar-refractivity contribution is -0.144. The normalized spacial score (nSPS) is 14.5. The van der Waals surface area contributed by atoms with Gasteiger partial charge in [0.15, 0.2) is 0 Å². The molecule has 0 bridgehead atoms. The van der Waals surface area contributed by atoms with Gasteiger partial charge >= 0.3 is 5.97 Å². The second-order valence-corrected chi connectivity index (χ2v) is 3.40. The van der Waals surface area contributed by atoms with E-state index in [0.717, 1.165) is 0 Å². The summed E-state index contributed by atoms with van der Waals surface area (Å²) in [6.45, 7) is 5.76. The van der Waals surface area contributed by atoms with Gasteiger partial charge < -0.3 is 15.7 Å². The lowest BCUT2D eigenvalue weighted by atomic mass is 9.99. The van der Waals surface area contributed by atoms with Gasteiger partial charge in [0.05, 0.1) is 0 Å². The van der Waals surface area contributed by atoms with Crippen LogP contribution in [-0.2, 0) is 9.59 Å².